The van der Waals surface area contributed by atoms with E-state index in [0.717, 1.165) is 31.2 Å². The van der Waals surface area contributed by atoms with Crippen molar-refractivity contribution < 1.29 is 18.7 Å². The molecule has 1 aromatic rings. The minimum Gasteiger partial charge on any atom is -0.439 e. The smallest absolute Gasteiger partial charge is 0.410 e. The van der Waals surface area contributed by atoms with Crippen molar-refractivity contribution in [1.29, 1.82) is 0 Å². The second-order valence-corrected chi connectivity index (χ2v) is 7.33. The number of nitrogens with zero attached hydrogens (tertiary/aromatic N) is 2. The summed E-state index contributed by atoms with van der Waals surface area (Å²) in [6.45, 7) is 1.66. The molecular formula is C18H21FN2O3. The van der Waals surface area contributed by atoms with Crippen molar-refractivity contribution in [2.24, 2.45) is 0 Å². The predicted molar refractivity (Wildman–Crippen MR) is 85.0 cm³/mol. The van der Waals surface area contributed by atoms with Crippen molar-refractivity contribution in [2.45, 2.75) is 36.7 Å². The molecule has 24 heavy (non-hydrogen) atoms. The number of likely N-dealkylation sites (tertiary alicyclic amines) is 1. The monoisotopic (exact) mass is 332 g/mol. The maximum Gasteiger partial charge on any atom is 0.410 e. The van der Waals surface area contributed by atoms with Crippen molar-refractivity contribution in [3.8, 4) is 0 Å². The molecule has 4 rings (SSSR count). The van der Waals surface area contributed by atoms with Gasteiger partial charge in [-0.05, 0) is 43.4 Å². The molecule has 0 bridgehead atoms. The first-order chi connectivity index (χ1) is 11.4. The van der Waals surface area contributed by atoms with Crippen LogP contribution in [0.15, 0.2) is 24.3 Å². The van der Waals surface area contributed by atoms with Gasteiger partial charge in [0.2, 0.25) is 5.91 Å². The molecule has 1 spiro atoms. The highest BCUT2D eigenvalue weighted by Gasteiger charge is 2.55. The Kier molecular flexibility index (Phi) is 3.34. The fraction of sp³-hybridized carbons (Fsp3) is 0.556. The Morgan fingerprint density at radius 3 is 2.46 bits per heavy atom. The Morgan fingerprint density at radius 2 is 1.88 bits per heavy atom. The molecule has 3 aliphatic rings. The SMILES string of the molecule is CN1C[C@@]2(CCCN(C(=O)C3(c4ccc(F)cc4)CC3)C2)OC1=O. The van der Waals surface area contributed by atoms with Crippen LogP contribution in [0.4, 0.5) is 9.18 Å². The number of carbonyl (C=O) groups excluding carboxylic acids is 2. The number of rotatable bonds is 2. The van der Waals surface area contributed by atoms with Crippen LogP contribution in [0, 0.1) is 5.82 Å². The Morgan fingerprint density at radius 1 is 1.17 bits per heavy atom. The summed E-state index contributed by atoms with van der Waals surface area (Å²) in [7, 11) is 1.72. The standard InChI is InChI=1S/C18H21FN2O3/c1-20-11-17(24-16(20)23)7-2-10-21(12-17)15(22)18(8-9-18)13-3-5-14(19)6-4-13/h3-6H,2,7-12H2,1H3/t17-/m1/s1. The summed E-state index contributed by atoms with van der Waals surface area (Å²) in [6, 6.07) is 6.24. The molecule has 2 heterocycles. The normalized spacial score (nSPS) is 28.2. The number of benzene rings is 1. The molecule has 2 aliphatic heterocycles. The molecule has 5 nitrogen and oxygen atoms in total. The van der Waals surface area contributed by atoms with Gasteiger partial charge in [0.1, 0.15) is 11.4 Å². The van der Waals surface area contributed by atoms with Crippen molar-refractivity contribution >= 4 is 12.0 Å². The van der Waals surface area contributed by atoms with Crippen LogP contribution >= 0.6 is 0 Å². The van der Waals surface area contributed by atoms with E-state index in [1.54, 1.807) is 24.1 Å². The van der Waals surface area contributed by atoms with Crippen LogP contribution in [-0.4, -0.2) is 54.1 Å². The zero-order valence-electron chi connectivity index (χ0n) is 13.8. The third kappa shape index (κ3) is 2.36. The zero-order valence-corrected chi connectivity index (χ0v) is 13.8. The van der Waals surface area contributed by atoms with E-state index in [9.17, 15) is 14.0 Å². The van der Waals surface area contributed by atoms with Crippen molar-refractivity contribution in [3.05, 3.63) is 35.6 Å². The number of likely N-dealkylation sites (N-methyl/N-ethyl adjacent to an activating group) is 1. The molecule has 6 heteroatoms. The molecular weight excluding hydrogens is 311 g/mol. The van der Waals surface area contributed by atoms with Gasteiger partial charge in [-0.1, -0.05) is 12.1 Å². The minimum absolute atomic E-state index is 0.0822. The fourth-order valence-corrected chi connectivity index (χ4v) is 4.10. The highest BCUT2D eigenvalue weighted by atomic mass is 19.1. The Bertz CT molecular complexity index is 686. The summed E-state index contributed by atoms with van der Waals surface area (Å²) in [5, 5.41) is 0. The van der Waals surface area contributed by atoms with Gasteiger partial charge in [0.15, 0.2) is 0 Å². The number of hydrogen-bond acceptors (Lipinski definition) is 3. The van der Waals surface area contributed by atoms with Gasteiger partial charge in [-0.3, -0.25) is 4.79 Å². The van der Waals surface area contributed by atoms with E-state index >= 15 is 0 Å². The molecule has 0 radical (unpaired) electrons. The largest absolute Gasteiger partial charge is 0.439 e. The van der Waals surface area contributed by atoms with E-state index in [4.69, 9.17) is 4.74 Å². The summed E-state index contributed by atoms with van der Waals surface area (Å²) < 4.78 is 18.8. The Hall–Kier alpha value is -2.11. The van der Waals surface area contributed by atoms with Crippen LogP contribution in [0.25, 0.3) is 0 Å². The number of ether oxygens (including phenoxy) is 1. The van der Waals surface area contributed by atoms with E-state index in [1.807, 2.05) is 4.90 Å². The van der Waals surface area contributed by atoms with E-state index in [1.165, 1.54) is 12.1 Å². The number of carbonyl (C=O) groups is 2. The van der Waals surface area contributed by atoms with Crippen molar-refractivity contribution in [2.75, 3.05) is 26.7 Å². The lowest BCUT2D eigenvalue weighted by molar-refractivity contribution is -0.139. The molecule has 0 N–H and O–H groups in total. The molecule has 1 aliphatic carbocycles. The lowest BCUT2D eigenvalue weighted by Gasteiger charge is -2.40. The van der Waals surface area contributed by atoms with Crippen LogP contribution in [-0.2, 0) is 14.9 Å². The quantitative estimate of drug-likeness (QED) is 0.835. The van der Waals surface area contributed by atoms with Crippen LogP contribution in [0.2, 0.25) is 0 Å². The third-order valence-electron chi connectivity index (χ3n) is 5.52. The summed E-state index contributed by atoms with van der Waals surface area (Å²) in [6.07, 6.45) is 2.88. The third-order valence-corrected chi connectivity index (χ3v) is 5.52. The molecule has 3 fully saturated rings. The molecule has 1 atom stereocenters. The van der Waals surface area contributed by atoms with E-state index in [2.05, 4.69) is 0 Å². The Balaban J connectivity index is 1.54. The number of hydrogen-bond donors (Lipinski definition) is 0. The molecule has 1 saturated carbocycles. The molecule has 2 saturated heterocycles. The van der Waals surface area contributed by atoms with E-state index in [-0.39, 0.29) is 17.8 Å². The Labute approximate surface area is 140 Å². The van der Waals surface area contributed by atoms with Crippen LogP contribution in [0.5, 0.6) is 0 Å². The van der Waals surface area contributed by atoms with Gasteiger partial charge in [0.25, 0.3) is 0 Å². The highest BCUT2D eigenvalue weighted by Crippen LogP contribution is 2.50. The second kappa shape index (κ2) is 5.19. The highest BCUT2D eigenvalue weighted by molar-refractivity contribution is 5.91. The van der Waals surface area contributed by atoms with Crippen molar-refractivity contribution in [1.82, 2.24) is 9.80 Å². The van der Waals surface area contributed by atoms with Crippen LogP contribution < -0.4 is 0 Å². The van der Waals surface area contributed by atoms with E-state index in [0.29, 0.717) is 19.6 Å². The minimum atomic E-state index is -0.571. The topological polar surface area (TPSA) is 49.9 Å². The molecule has 0 aromatic heterocycles. The van der Waals surface area contributed by atoms with Gasteiger partial charge >= 0.3 is 6.09 Å². The summed E-state index contributed by atoms with van der Waals surface area (Å²) in [5.74, 6) is -0.210. The van der Waals surface area contributed by atoms with Gasteiger partial charge in [0.05, 0.1) is 18.5 Å². The molecule has 1 aromatic carbocycles. The van der Waals surface area contributed by atoms with Crippen molar-refractivity contribution in [3.63, 3.8) is 0 Å². The molecule has 0 unspecified atom stereocenters. The zero-order chi connectivity index (χ0) is 16.9. The van der Waals surface area contributed by atoms with Gasteiger partial charge in [0, 0.05) is 13.6 Å². The lowest BCUT2D eigenvalue weighted by atomic mass is 9.89. The van der Waals surface area contributed by atoms with Gasteiger partial charge in [-0.25, -0.2) is 9.18 Å². The first-order valence-corrected chi connectivity index (χ1v) is 8.44. The lowest BCUT2D eigenvalue weighted by Crippen LogP contribution is -2.54. The van der Waals surface area contributed by atoms with Crippen LogP contribution in [0.3, 0.4) is 0 Å². The summed E-state index contributed by atoms with van der Waals surface area (Å²) in [5.41, 5.74) is -0.201. The molecule has 2 amide bonds. The maximum absolute atomic E-state index is 13.2. The first kappa shape index (κ1) is 15.4. The van der Waals surface area contributed by atoms with Gasteiger partial charge in [-0.2, -0.15) is 0 Å². The second-order valence-electron chi connectivity index (χ2n) is 7.33. The number of halogens is 1. The van der Waals surface area contributed by atoms with Crippen LogP contribution in [0.1, 0.15) is 31.2 Å². The average Bonchev–Trinajstić information content (AvgIpc) is 3.31. The summed E-state index contributed by atoms with van der Waals surface area (Å²) >= 11 is 0. The number of piperidine rings is 1. The first-order valence-electron chi connectivity index (χ1n) is 8.44. The summed E-state index contributed by atoms with van der Waals surface area (Å²) in [4.78, 5) is 28.3. The van der Waals surface area contributed by atoms with Gasteiger partial charge in [-0.15, -0.1) is 0 Å². The average molecular weight is 332 g/mol. The predicted octanol–water partition coefficient (Wildman–Crippen LogP) is 2.30. The van der Waals surface area contributed by atoms with Gasteiger partial charge < -0.3 is 14.5 Å². The fourth-order valence-electron chi connectivity index (χ4n) is 4.10. The number of amides is 2. The maximum atomic E-state index is 13.2. The molecule has 128 valence electrons. The van der Waals surface area contributed by atoms with E-state index < -0.39 is 11.0 Å².